The van der Waals surface area contributed by atoms with Gasteiger partial charge in [0.1, 0.15) is 6.61 Å². The lowest BCUT2D eigenvalue weighted by atomic mass is 10.1. The van der Waals surface area contributed by atoms with E-state index >= 15 is 0 Å². The second-order valence-electron chi connectivity index (χ2n) is 3.49. The van der Waals surface area contributed by atoms with Crippen LogP contribution >= 0.6 is 0 Å². The number of aliphatic hydroxyl groups is 1. The van der Waals surface area contributed by atoms with E-state index in [-0.39, 0.29) is 12.4 Å². The van der Waals surface area contributed by atoms with Crippen LogP contribution in [0.25, 0.3) is 10.9 Å². The van der Waals surface area contributed by atoms with E-state index in [9.17, 15) is 9.59 Å². The minimum absolute atomic E-state index is 0.302. The Morgan fingerprint density at radius 3 is 2.82 bits per heavy atom. The maximum atomic E-state index is 11.8. The van der Waals surface area contributed by atoms with Crippen molar-refractivity contribution in [1.82, 2.24) is 4.98 Å². The molecule has 2 aromatic rings. The summed E-state index contributed by atoms with van der Waals surface area (Å²) in [7, 11) is 0. The van der Waals surface area contributed by atoms with E-state index in [0.29, 0.717) is 5.56 Å². The number of ether oxygens (including phenoxy) is 1. The van der Waals surface area contributed by atoms with Gasteiger partial charge in [-0.3, -0.25) is 4.79 Å². The van der Waals surface area contributed by atoms with Crippen molar-refractivity contribution < 1.29 is 19.4 Å². The molecule has 0 bridgehead atoms. The molecule has 0 fully saturated rings. The highest BCUT2D eigenvalue weighted by Crippen LogP contribution is 2.18. The molecule has 0 atom stereocenters. The number of carbonyl (C=O) groups excluding carboxylic acids is 2. The van der Waals surface area contributed by atoms with Gasteiger partial charge < -0.3 is 14.8 Å². The number of Topliss-reactive ketones (excluding diaryl/α,β-unsaturated/α-hetero) is 1. The highest BCUT2D eigenvalue weighted by molar-refractivity contribution is 6.08. The number of rotatable bonds is 4. The Morgan fingerprint density at radius 2 is 2.06 bits per heavy atom. The summed E-state index contributed by atoms with van der Waals surface area (Å²) in [5, 5.41) is 9.25. The Kier molecular flexibility index (Phi) is 3.20. The number of hydrogen-bond donors (Lipinski definition) is 2. The zero-order valence-electron chi connectivity index (χ0n) is 8.97. The van der Waals surface area contributed by atoms with Crippen LogP contribution in [0.4, 0.5) is 0 Å². The van der Waals surface area contributed by atoms with Gasteiger partial charge in [0.2, 0.25) is 5.78 Å². The van der Waals surface area contributed by atoms with Crippen LogP contribution in [0.3, 0.4) is 0 Å². The number of carbonyl (C=O) groups is 2. The molecule has 0 spiro atoms. The Labute approximate surface area is 97.0 Å². The first-order valence-electron chi connectivity index (χ1n) is 5.08. The first kappa shape index (κ1) is 11.3. The Balaban J connectivity index is 2.17. The third-order valence-corrected chi connectivity index (χ3v) is 2.38. The van der Waals surface area contributed by atoms with Crippen molar-refractivity contribution in [1.29, 1.82) is 0 Å². The van der Waals surface area contributed by atoms with Gasteiger partial charge in [-0.1, -0.05) is 18.2 Å². The molecule has 5 heteroatoms. The molecule has 0 aliphatic carbocycles. The standard InChI is InChI=1S/C12H11NO4/c14-6-12(16)17-7-11(15)9-5-13-10-4-2-1-3-8(9)10/h1-5,13-14H,6-7H2. The van der Waals surface area contributed by atoms with E-state index in [1.54, 1.807) is 6.20 Å². The van der Waals surface area contributed by atoms with E-state index in [4.69, 9.17) is 5.11 Å². The summed E-state index contributed by atoms with van der Waals surface area (Å²) in [5.74, 6) is -1.11. The van der Waals surface area contributed by atoms with Gasteiger partial charge in [-0.15, -0.1) is 0 Å². The highest BCUT2D eigenvalue weighted by Gasteiger charge is 2.13. The molecule has 17 heavy (non-hydrogen) atoms. The maximum absolute atomic E-state index is 11.8. The molecule has 0 aliphatic heterocycles. The minimum atomic E-state index is -0.807. The number of para-hydroxylation sites is 1. The number of fused-ring (bicyclic) bond motifs is 1. The van der Waals surface area contributed by atoms with Gasteiger partial charge in [0.05, 0.1) is 0 Å². The van der Waals surface area contributed by atoms with Crippen LogP contribution in [0, 0.1) is 0 Å². The van der Waals surface area contributed by atoms with E-state index < -0.39 is 12.6 Å². The highest BCUT2D eigenvalue weighted by atomic mass is 16.5. The maximum Gasteiger partial charge on any atom is 0.332 e. The predicted octanol–water partition coefficient (Wildman–Crippen LogP) is 0.886. The fraction of sp³-hybridized carbons (Fsp3) is 0.167. The largest absolute Gasteiger partial charge is 0.456 e. The molecule has 1 aromatic carbocycles. The molecular formula is C12H11NO4. The Morgan fingerprint density at radius 1 is 1.29 bits per heavy atom. The van der Waals surface area contributed by atoms with Gasteiger partial charge in [-0.25, -0.2) is 4.79 Å². The normalized spacial score (nSPS) is 10.4. The number of ketones is 1. The molecule has 5 nitrogen and oxygen atoms in total. The SMILES string of the molecule is O=C(CO)OCC(=O)c1c[nH]c2ccccc12. The van der Waals surface area contributed by atoms with Gasteiger partial charge in [-0.2, -0.15) is 0 Å². The minimum Gasteiger partial charge on any atom is -0.456 e. The average Bonchev–Trinajstić information content (AvgIpc) is 2.79. The lowest BCUT2D eigenvalue weighted by Gasteiger charge is -2.01. The summed E-state index contributed by atoms with van der Waals surface area (Å²) >= 11 is 0. The number of H-pyrrole nitrogens is 1. The summed E-state index contributed by atoms with van der Waals surface area (Å²) in [4.78, 5) is 25.4. The zero-order valence-corrected chi connectivity index (χ0v) is 8.97. The molecule has 0 amide bonds. The average molecular weight is 233 g/mol. The van der Waals surface area contributed by atoms with Gasteiger partial charge >= 0.3 is 5.97 Å². The summed E-state index contributed by atoms with van der Waals surface area (Å²) in [6.07, 6.45) is 1.58. The fourth-order valence-corrected chi connectivity index (χ4v) is 1.57. The number of aromatic amines is 1. The molecule has 2 N–H and O–H groups in total. The van der Waals surface area contributed by atoms with Gasteiger partial charge in [-0.05, 0) is 6.07 Å². The molecule has 0 saturated carbocycles. The monoisotopic (exact) mass is 233 g/mol. The van der Waals surface area contributed by atoms with Crippen molar-refractivity contribution in [2.75, 3.05) is 13.2 Å². The van der Waals surface area contributed by atoms with Crippen molar-refractivity contribution in [2.24, 2.45) is 0 Å². The van der Waals surface area contributed by atoms with Gasteiger partial charge in [0.15, 0.2) is 6.61 Å². The van der Waals surface area contributed by atoms with Crippen molar-refractivity contribution in [3.63, 3.8) is 0 Å². The quantitative estimate of drug-likeness (QED) is 0.607. The van der Waals surface area contributed by atoms with Crippen LogP contribution < -0.4 is 0 Å². The fourth-order valence-electron chi connectivity index (χ4n) is 1.57. The van der Waals surface area contributed by atoms with Gasteiger partial charge in [0, 0.05) is 22.7 Å². The van der Waals surface area contributed by atoms with Crippen LogP contribution in [0.2, 0.25) is 0 Å². The molecule has 0 saturated heterocycles. The third-order valence-electron chi connectivity index (χ3n) is 2.38. The van der Waals surface area contributed by atoms with Crippen molar-refractivity contribution in [2.45, 2.75) is 0 Å². The summed E-state index contributed by atoms with van der Waals surface area (Å²) in [6, 6.07) is 7.35. The molecule has 0 unspecified atom stereocenters. The van der Waals surface area contributed by atoms with Gasteiger partial charge in [0.25, 0.3) is 0 Å². The Bertz CT molecular complexity index is 558. The second-order valence-corrected chi connectivity index (χ2v) is 3.49. The number of esters is 1. The zero-order chi connectivity index (χ0) is 12.3. The first-order chi connectivity index (χ1) is 8.22. The third kappa shape index (κ3) is 2.34. The number of aromatic nitrogens is 1. The molecular weight excluding hydrogens is 222 g/mol. The van der Waals surface area contributed by atoms with Crippen molar-refractivity contribution in [3.05, 3.63) is 36.0 Å². The summed E-state index contributed by atoms with van der Waals surface area (Å²) in [6.45, 7) is -1.08. The lowest BCUT2D eigenvalue weighted by molar-refractivity contribution is -0.145. The van der Waals surface area contributed by atoms with Crippen LogP contribution in [0.15, 0.2) is 30.5 Å². The number of nitrogens with one attached hydrogen (secondary N) is 1. The lowest BCUT2D eigenvalue weighted by Crippen LogP contribution is -2.16. The molecule has 1 heterocycles. The Hall–Kier alpha value is -2.14. The predicted molar refractivity (Wildman–Crippen MR) is 60.7 cm³/mol. The van der Waals surface area contributed by atoms with Crippen LogP contribution in [-0.2, 0) is 9.53 Å². The van der Waals surface area contributed by atoms with E-state index in [2.05, 4.69) is 9.72 Å². The first-order valence-corrected chi connectivity index (χ1v) is 5.08. The molecule has 1 aromatic heterocycles. The van der Waals surface area contributed by atoms with E-state index in [0.717, 1.165) is 10.9 Å². The van der Waals surface area contributed by atoms with Crippen LogP contribution in [-0.4, -0.2) is 35.1 Å². The molecule has 0 aliphatic rings. The van der Waals surface area contributed by atoms with Crippen molar-refractivity contribution in [3.8, 4) is 0 Å². The molecule has 88 valence electrons. The molecule has 0 radical (unpaired) electrons. The summed E-state index contributed by atoms with van der Waals surface area (Å²) in [5.41, 5.74) is 1.33. The van der Waals surface area contributed by atoms with E-state index in [1.807, 2.05) is 24.3 Å². The smallest absolute Gasteiger partial charge is 0.332 e. The number of aliphatic hydroxyl groups excluding tert-OH is 1. The number of benzene rings is 1. The number of hydrogen-bond acceptors (Lipinski definition) is 4. The second kappa shape index (κ2) is 4.80. The van der Waals surface area contributed by atoms with Crippen LogP contribution in [0.5, 0.6) is 0 Å². The molecule has 2 rings (SSSR count). The van der Waals surface area contributed by atoms with E-state index in [1.165, 1.54) is 0 Å². The van der Waals surface area contributed by atoms with Crippen molar-refractivity contribution >= 4 is 22.7 Å². The topological polar surface area (TPSA) is 79.4 Å². The summed E-state index contributed by atoms with van der Waals surface area (Å²) < 4.78 is 4.57. The van der Waals surface area contributed by atoms with Crippen LogP contribution in [0.1, 0.15) is 10.4 Å².